The number of hydrogen-bond donors (Lipinski definition) is 1. The molecule has 164 valence electrons. The van der Waals surface area contributed by atoms with Gasteiger partial charge in [0.15, 0.2) is 16.7 Å². The Kier molecular flexibility index (Phi) is 7.06. The molecule has 1 amide bonds. The van der Waals surface area contributed by atoms with E-state index in [9.17, 15) is 18.0 Å². The molecule has 31 heavy (non-hydrogen) atoms. The van der Waals surface area contributed by atoms with Gasteiger partial charge in [0.25, 0.3) is 0 Å². The van der Waals surface area contributed by atoms with Crippen molar-refractivity contribution in [3.8, 4) is 22.9 Å². The zero-order chi connectivity index (χ0) is 22.4. The summed E-state index contributed by atoms with van der Waals surface area (Å²) in [6, 6.07) is 12.7. The van der Waals surface area contributed by atoms with Gasteiger partial charge in [-0.05, 0) is 31.2 Å². The van der Waals surface area contributed by atoms with E-state index in [1.165, 1.54) is 18.2 Å². The normalized spacial score (nSPS) is 11.3. The van der Waals surface area contributed by atoms with Crippen LogP contribution in [0.2, 0.25) is 0 Å². The number of nitrogens with one attached hydrogen (secondary N) is 1. The molecule has 0 bridgehead atoms. The van der Waals surface area contributed by atoms with Crippen molar-refractivity contribution in [2.45, 2.75) is 25.0 Å². The molecule has 0 unspecified atom stereocenters. The van der Waals surface area contributed by atoms with E-state index in [1.807, 2.05) is 35.8 Å². The molecular weight excluding hydrogens is 433 g/mol. The number of benzene rings is 2. The number of para-hydroxylation sites is 3. The first-order valence-corrected chi connectivity index (χ1v) is 10.1. The summed E-state index contributed by atoms with van der Waals surface area (Å²) in [6.45, 7) is 2.46. The monoisotopic (exact) mass is 452 g/mol. The van der Waals surface area contributed by atoms with Crippen molar-refractivity contribution >= 4 is 23.4 Å². The maximum absolute atomic E-state index is 12.5. The summed E-state index contributed by atoms with van der Waals surface area (Å²) in [4.78, 5) is 12.3. The van der Waals surface area contributed by atoms with Crippen molar-refractivity contribution in [2.24, 2.45) is 0 Å². The lowest BCUT2D eigenvalue weighted by Gasteiger charge is -2.13. The second-order valence-electron chi connectivity index (χ2n) is 6.13. The van der Waals surface area contributed by atoms with Gasteiger partial charge in [-0.15, -0.1) is 23.4 Å². The SMILES string of the molecule is CCn1c(SCC(=O)Nc2ccccc2OC(F)(F)F)nnc1-c1ccccc1OC. The van der Waals surface area contributed by atoms with E-state index in [-0.39, 0.29) is 11.4 Å². The Bertz CT molecular complexity index is 1060. The van der Waals surface area contributed by atoms with Crippen LogP contribution in [0.4, 0.5) is 18.9 Å². The average molecular weight is 452 g/mol. The zero-order valence-electron chi connectivity index (χ0n) is 16.6. The maximum Gasteiger partial charge on any atom is 0.573 e. The van der Waals surface area contributed by atoms with Gasteiger partial charge in [0.2, 0.25) is 5.91 Å². The zero-order valence-corrected chi connectivity index (χ0v) is 17.5. The number of halogens is 3. The lowest BCUT2D eigenvalue weighted by molar-refractivity contribution is -0.274. The first-order valence-electron chi connectivity index (χ1n) is 9.16. The van der Waals surface area contributed by atoms with E-state index >= 15 is 0 Å². The molecule has 1 aromatic heterocycles. The van der Waals surface area contributed by atoms with Crippen molar-refractivity contribution in [2.75, 3.05) is 18.2 Å². The Morgan fingerprint density at radius 1 is 1.10 bits per heavy atom. The van der Waals surface area contributed by atoms with Crippen molar-refractivity contribution < 1.29 is 27.4 Å². The molecule has 11 heteroatoms. The van der Waals surface area contributed by atoms with Crippen molar-refractivity contribution in [1.29, 1.82) is 0 Å². The fraction of sp³-hybridized carbons (Fsp3) is 0.250. The standard InChI is InChI=1S/C20H19F3N4O3S/c1-3-27-18(13-8-4-6-10-15(13)29-2)25-26-19(27)31-12-17(28)24-14-9-5-7-11-16(14)30-20(21,22)23/h4-11H,3,12H2,1-2H3,(H,24,28). The highest BCUT2D eigenvalue weighted by Gasteiger charge is 2.32. The smallest absolute Gasteiger partial charge is 0.496 e. The molecule has 1 N–H and O–H groups in total. The van der Waals surface area contributed by atoms with Crippen LogP contribution in [0.5, 0.6) is 11.5 Å². The van der Waals surface area contributed by atoms with Gasteiger partial charge >= 0.3 is 6.36 Å². The predicted molar refractivity (Wildman–Crippen MR) is 110 cm³/mol. The summed E-state index contributed by atoms with van der Waals surface area (Å²) in [5, 5.41) is 11.3. The minimum absolute atomic E-state index is 0.0721. The minimum Gasteiger partial charge on any atom is -0.496 e. The van der Waals surface area contributed by atoms with Gasteiger partial charge in [-0.25, -0.2) is 0 Å². The van der Waals surface area contributed by atoms with Gasteiger partial charge in [-0.3, -0.25) is 4.79 Å². The van der Waals surface area contributed by atoms with Crippen LogP contribution in [-0.4, -0.2) is 39.9 Å². The molecule has 0 aliphatic carbocycles. The number of methoxy groups -OCH3 is 1. The van der Waals surface area contributed by atoms with Crippen LogP contribution in [0.3, 0.4) is 0 Å². The van der Waals surface area contributed by atoms with E-state index < -0.39 is 18.0 Å². The van der Waals surface area contributed by atoms with Crippen LogP contribution in [0.25, 0.3) is 11.4 Å². The number of amides is 1. The van der Waals surface area contributed by atoms with Gasteiger partial charge in [0, 0.05) is 6.54 Å². The Balaban J connectivity index is 1.71. The highest BCUT2D eigenvalue weighted by molar-refractivity contribution is 7.99. The number of hydrogen-bond acceptors (Lipinski definition) is 6. The maximum atomic E-state index is 12.5. The number of alkyl halides is 3. The van der Waals surface area contributed by atoms with Crippen LogP contribution in [-0.2, 0) is 11.3 Å². The molecule has 0 radical (unpaired) electrons. The Hall–Kier alpha value is -3.21. The third kappa shape index (κ3) is 5.69. The van der Waals surface area contributed by atoms with Gasteiger partial charge in [-0.2, -0.15) is 0 Å². The van der Waals surface area contributed by atoms with Crippen molar-refractivity contribution in [1.82, 2.24) is 14.8 Å². The molecule has 0 spiro atoms. The van der Waals surface area contributed by atoms with Crippen LogP contribution in [0.1, 0.15) is 6.92 Å². The van der Waals surface area contributed by atoms with Crippen LogP contribution >= 0.6 is 11.8 Å². The van der Waals surface area contributed by atoms with Gasteiger partial charge in [0.1, 0.15) is 5.75 Å². The van der Waals surface area contributed by atoms with Crippen LogP contribution in [0, 0.1) is 0 Å². The number of nitrogens with zero attached hydrogens (tertiary/aromatic N) is 3. The molecule has 0 atom stereocenters. The summed E-state index contributed by atoms with van der Waals surface area (Å²) in [5.74, 6) is 0.160. The number of rotatable bonds is 8. The average Bonchev–Trinajstić information content (AvgIpc) is 3.15. The first-order chi connectivity index (χ1) is 14.8. The van der Waals surface area contributed by atoms with E-state index in [0.717, 1.165) is 23.4 Å². The Morgan fingerprint density at radius 2 is 1.77 bits per heavy atom. The number of ether oxygens (including phenoxy) is 2. The third-order valence-corrected chi connectivity index (χ3v) is 5.07. The second kappa shape index (κ2) is 9.73. The Morgan fingerprint density at radius 3 is 2.45 bits per heavy atom. The molecule has 0 fully saturated rings. The largest absolute Gasteiger partial charge is 0.573 e. The minimum atomic E-state index is -4.86. The van der Waals surface area contributed by atoms with Crippen LogP contribution in [0.15, 0.2) is 53.7 Å². The van der Waals surface area contributed by atoms with Gasteiger partial charge in [-0.1, -0.05) is 36.0 Å². The molecular formula is C20H19F3N4O3S. The Labute approximate surface area is 180 Å². The first kappa shape index (κ1) is 22.5. The summed E-state index contributed by atoms with van der Waals surface area (Å²) in [7, 11) is 1.56. The molecule has 7 nitrogen and oxygen atoms in total. The fourth-order valence-electron chi connectivity index (χ4n) is 2.81. The molecule has 3 rings (SSSR count). The number of carbonyl (C=O) groups is 1. The van der Waals surface area contributed by atoms with E-state index in [4.69, 9.17) is 4.74 Å². The number of anilines is 1. The molecule has 0 saturated heterocycles. The highest BCUT2D eigenvalue weighted by Crippen LogP contribution is 2.32. The molecule has 0 aliphatic rings. The fourth-order valence-corrected chi connectivity index (χ4v) is 3.61. The number of aromatic nitrogens is 3. The highest BCUT2D eigenvalue weighted by atomic mass is 32.2. The van der Waals surface area contributed by atoms with Crippen molar-refractivity contribution in [3.05, 3.63) is 48.5 Å². The summed E-state index contributed by atoms with van der Waals surface area (Å²) < 4.78 is 48.8. The second-order valence-corrected chi connectivity index (χ2v) is 7.07. The lowest BCUT2D eigenvalue weighted by atomic mass is 10.2. The molecule has 0 aliphatic heterocycles. The quantitative estimate of drug-likeness (QED) is 0.503. The molecule has 2 aromatic carbocycles. The summed E-state index contributed by atoms with van der Waals surface area (Å²) in [5.41, 5.74) is 0.686. The van der Waals surface area contributed by atoms with Gasteiger partial charge < -0.3 is 19.4 Å². The summed E-state index contributed by atoms with van der Waals surface area (Å²) in [6.07, 6.45) is -4.86. The summed E-state index contributed by atoms with van der Waals surface area (Å²) >= 11 is 1.12. The van der Waals surface area contributed by atoms with Crippen molar-refractivity contribution in [3.63, 3.8) is 0 Å². The van der Waals surface area contributed by atoms with Crippen LogP contribution < -0.4 is 14.8 Å². The van der Waals surface area contributed by atoms with E-state index in [0.29, 0.717) is 23.3 Å². The molecule has 1 heterocycles. The number of thioether (sulfide) groups is 1. The van der Waals surface area contributed by atoms with E-state index in [1.54, 1.807) is 7.11 Å². The van der Waals surface area contributed by atoms with Gasteiger partial charge in [0.05, 0.1) is 24.1 Å². The topological polar surface area (TPSA) is 78.3 Å². The third-order valence-electron chi connectivity index (χ3n) is 4.10. The molecule has 3 aromatic rings. The predicted octanol–water partition coefficient (Wildman–Crippen LogP) is 4.60. The number of carbonyl (C=O) groups excluding carboxylic acids is 1. The molecule has 0 saturated carbocycles. The lowest BCUT2D eigenvalue weighted by Crippen LogP contribution is -2.20. The van der Waals surface area contributed by atoms with E-state index in [2.05, 4.69) is 20.3 Å².